The number of hydrogen-bond acceptors (Lipinski definition) is 2. The molecule has 0 saturated carbocycles. The van der Waals surface area contributed by atoms with Gasteiger partial charge in [-0.05, 0) is 35.9 Å². The average Bonchev–Trinajstić information content (AvgIpc) is 2.45. The monoisotopic (exact) mass is 342 g/mol. The molecule has 21 heavy (non-hydrogen) atoms. The van der Waals surface area contributed by atoms with Crippen LogP contribution in [-0.2, 0) is 11.3 Å². The molecular weight excluding hydrogens is 331 g/mol. The van der Waals surface area contributed by atoms with Crippen molar-refractivity contribution in [3.63, 3.8) is 0 Å². The fourth-order valence-corrected chi connectivity index (χ4v) is 2.17. The highest BCUT2D eigenvalue weighted by Crippen LogP contribution is 2.25. The Morgan fingerprint density at radius 2 is 1.62 bits per heavy atom. The van der Waals surface area contributed by atoms with Gasteiger partial charge in [-0.1, -0.05) is 46.9 Å². The van der Waals surface area contributed by atoms with Gasteiger partial charge in [-0.15, -0.1) is 0 Å². The summed E-state index contributed by atoms with van der Waals surface area (Å²) in [6, 6.07) is 12.3. The number of nitrogens with one attached hydrogen (secondary N) is 2. The molecule has 2 N–H and O–H groups in total. The molecule has 0 saturated heterocycles. The van der Waals surface area contributed by atoms with Crippen molar-refractivity contribution in [2.45, 2.75) is 6.54 Å². The van der Waals surface area contributed by atoms with Crippen molar-refractivity contribution in [2.24, 2.45) is 0 Å². The normalized spacial score (nSPS) is 10.4. The third-order valence-corrected chi connectivity index (χ3v) is 3.55. The Bertz CT molecular complexity index is 629. The molecule has 0 atom stereocenters. The van der Waals surface area contributed by atoms with E-state index in [9.17, 15) is 4.79 Å². The highest BCUT2D eigenvalue weighted by Gasteiger charge is 2.06. The van der Waals surface area contributed by atoms with Gasteiger partial charge in [-0.2, -0.15) is 0 Å². The molecule has 0 aliphatic heterocycles. The van der Waals surface area contributed by atoms with Crippen molar-refractivity contribution in [1.82, 2.24) is 5.32 Å². The Morgan fingerprint density at radius 3 is 2.33 bits per heavy atom. The topological polar surface area (TPSA) is 41.1 Å². The van der Waals surface area contributed by atoms with Crippen molar-refractivity contribution in [3.05, 3.63) is 63.1 Å². The molecule has 0 aliphatic rings. The zero-order chi connectivity index (χ0) is 15.2. The van der Waals surface area contributed by atoms with Gasteiger partial charge in [0.05, 0.1) is 17.3 Å². The van der Waals surface area contributed by atoms with E-state index in [1.165, 1.54) is 0 Å². The van der Waals surface area contributed by atoms with Gasteiger partial charge in [0, 0.05) is 16.6 Å². The first-order chi connectivity index (χ1) is 10.0. The molecule has 0 fully saturated rings. The first-order valence-electron chi connectivity index (χ1n) is 6.24. The molecule has 0 bridgehead atoms. The predicted octanol–water partition coefficient (Wildman–Crippen LogP) is 4.38. The van der Waals surface area contributed by atoms with E-state index in [4.69, 9.17) is 34.8 Å². The minimum atomic E-state index is -0.187. The van der Waals surface area contributed by atoms with Crippen molar-refractivity contribution in [3.8, 4) is 0 Å². The van der Waals surface area contributed by atoms with Gasteiger partial charge in [-0.3, -0.25) is 4.79 Å². The van der Waals surface area contributed by atoms with Crippen LogP contribution in [0.3, 0.4) is 0 Å². The van der Waals surface area contributed by atoms with E-state index in [-0.39, 0.29) is 12.5 Å². The Labute approximate surface area is 138 Å². The van der Waals surface area contributed by atoms with E-state index in [0.29, 0.717) is 27.3 Å². The zero-order valence-corrected chi connectivity index (χ0v) is 13.3. The minimum absolute atomic E-state index is 0.172. The third kappa shape index (κ3) is 5.21. The fourth-order valence-electron chi connectivity index (χ4n) is 1.71. The summed E-state index contributed by atoms with van der Waals surface area (Å²) in [5.74, 6) is -0.187. The molecule has 2 aromatic carbocycles. The molecule has 0 radical (unpaired) electrons. The number of carbonyl (C=O) groups is 1. The van der Waals surface area contributed by atoms with Gasteiger partial charge in [0.2, 0.25) is 5.91 Å². The summed E-state index contributed by atoms with van der Waals surface area (Å²) < 4.78 is 0. The van der Waals surface area contributed by atoms with E-state index < -0.39 is 0 Å². The van der Waals surface area contributed by atoms with E-state index in [1.54, 1.807) is 18.2 Å². The number of hydrogen-bond donors (Lipinski definition) is 2. The van der Waals surface area contributed by atoms with E-state index in [2.05, 4.69) is 10.6 Å². The maximum Gasteiger partial charge on any atom is 0.238 e. The molecular formula is C15H13Cl3N2O. The van der Waals surface area contributed by atoms with Crippen LogP contribution < -0.4 is 10.6 Å². The van der Waals surface area contributed by atoms with Gasteiger partial charge in [0.15, 0.2) is 0 Å². The number of benzene rings is 2. The highest BCUT2D eigenvalue weighted by molar-refractivity contribution is 6.35. The predicted molar refractivity (Wildman–Crippen MR) is 88.3 cm³/mol. The summed E-state index contributed by atoms with van der Waals surface area (Å²) in [5, 5.41) is 7.41. The third-order valence-electron chi connectivity index (χ3n) is 2.73. The van der Waals surface area contributed by atoms with Crippen molar-refractivity contribution >= 4 is 46.4 Å². The van der Waals surface area contributed by atoms with E-state index in [1.807, 2.05) is 24.3 Å². The van der Waals surface area contributed by atoms with Crippen LogP contribution in [-0.4, -0.2) is 12.5 Å². The van der Waals surface area contributed by atoms with Crippen LogP contribution in [0.2, 0.25) is 15.1 Å². The second kappa shape index (κ2) is 7.66. The SMILES string of the molecule is O=C(CNCc1ccc(Cl)cc1)Nc1cc(Cl)ccc1Cl. The fraction of sp³-hybridized carbons (Fsp3) is 0.133. The number of amides is 1. The van der Waals surface area contributed by atoms with Gasteiger partial charge in [-0.25, -0.2) is 0 Å². The molecule has 1 amide bonds. The molecule has 0 spiro atoms. The van der Waals surface area contributed by atoms with Crippen LogP contribution in [0.1, 0.15) is 5.56 Å². The molecule has 2 rings (SSSR count). The summed E-state index contributed by atoms with van der Waals surface area (Å²) in [7, 11) is 0. The van der Waals surface area contributed by atoms with E-state index >= 15 is 0 Å². The lowest BCUT2D eigenvalue weighted by Crippen LogP contribution is -2.27. The van der Waals surface area contributed by atoms with Gasteiger partial charge in [0.1, 0.15) is 0 Å². The summed E-state index contributed by atoms with van der Waals surface area (Å²) in [6.45, 7) is 0.749. The first kappa shape index (κ1) is 16.1. The molecule has 110 valence electrons. The minimum Gasteiger partial charge on any atom is -0.324 e. The van der Waals surface area contributed by atoms with Crippen LogP contribution >= 0.6 is 34.8 Å². The highest BCUT2D eigenvalue weighted by atomic mass is 35.5. The van der Waals surface area contributed by atoms with Crippen molar-refractivity contribution in [1.29, 1.82) is 0 Å². The molecule has 0 heterocycles. The van der Waals surface area contributed by atoms with Crippen LogP contribution in [0.5, 0.6) is 0 Å². The lowest BCUT2D eigenvalue weighted by molar-refractivity contribution is -0.115. The number of halogens is 3. The summed E-state index contributed by atoms with van der Waals surface area (Å²) >= 11 is 17.6. The Kier molecular flexibility index (Phi) is 5.88. The van der Waals surface area contributed by atoms with Crippen LogP contribution in [0, 0.1) is 0 Å². The largest absolute Gasteiger partial charge is 0.324 e. The summed E-state index contributed by atoms with van der Waals surface area (Å²) in [5.41, 5.74) is 1.55. The summed E-state index contributed by atoms with van der Waals surface area (Å²) in [4.78, 5) is 11.8. The average molecular weight is 344 g/mol. The standard InChI is InChI=1S/C15H13Cl3N2O/c16-11-3-1-10(2-4-11)8-19-9-15(21)20-14-7-12(17)5-6-13(14)18/h1-7,19H,8-9H2,(H,20,21). The zero-order valence-electron chi connectivity index (χ0n) is 11.0. The second-order valence-electron chi connectivity index (χ2n) is 4.40. The Hall–Kier alpha value is -1.26. The molecule has 6 heteroatoms. The molecule has 0 aromatic heterocycles. The number of anilines is 1. The van der Waals surface area contributed by atoms with Crippen LogP contribution in [0.25, 0.3) is 0 Å². The quantitative estimate of drug-likeness (QED) is 0.846. The van der Waals surface area contributed by atoms with E-state index in [0.717, 1.165) is 5.56 Å². The molecule has 0 aliphatic carbocycles. The first-order valence-corrected chi connectivity index (χ1v) is 7.38. The van der Waals surface area contributed by atoms with Crippen LogP contribution in [0.15, 0.2) is 42.5 Å². The number of carbonyl (C=O) groups excluding carboxylic acids is 1. The maximum absolute atomic E-state index is 11.8. The molecule has 2 aromatic rings. The summed E-state index contributed by atoms with van der Waals surface area (Å²) in [6.07, 6.45) is 0. The lowest BCUT2D eigenvalue weighted by Gasteiger charge is -2.09. The maximum atomic E-state index is 11.8. The van der Waals surface area contributed by atoms with Gasteiger partial charge < -0.3 is 10.6 Å². The van der Waals surface area contributed by atoms with Gasteiger partial charge in [0.25, 0.3) is 0 Å². The Morgan fingerprint density at radius 1 is 0.952 bits per heavy atom. The van der Waals surface area contributed by atoms with Crippen molar-refractivity contribution < 1.29 is 4.79 Å². The lowest BCUT2D eigenvalue weighted by atomic mass is 10.2. The second-order valence-corrected chi connectivity index (χ2v) is 5.68. The number of rotatable bonds is 5. The smallest absolute Gasteiger partial charge is 0.238 e. The van der Waals surface area contributed by atoms with Gasteiger partial charge >= 0.3 is 0 Å². The molecule has 3 nitrogen and oxygen atoms in total. The van der Waals surface area contributed by atoms with Crippen LogP contribution in [0.4, 0.5) is 5.69 Å². The Balaban J connectivity index is 1.82. The van der Waals surface area contributed by atoms with Crippen molar-refractivity contribution in [2.75, 3.05) is 11.9 Å². The molecule has 0 unspecified atom stereocenters.